The fraction of sp³-hybridized carbons (Fsp3) is 0.235. The summed E-state index contributed by atoms with van der Waals surface area (Å²) in [6.07, 6.45) is 0.848. The second kappa shape index (κ2) is 7.63. The molecule has 1 aromatic carbocycles. The Kier molecular flexibility index (Phi) is 5.56. The molecule has 0 spiro atoms. The molecule has 0 radical (unpaired) electrons. The number of amides is 1. The largest absolute Gasteiger partial charge is 0.345 e. The van der Waals surface area contributed by atoms with Gasteiger partial charge in [-0.25, -0.2) is 0 Å². The third-order valence-corrected chi connectivity index (χ3v) is 4.06. The van der Waals surface area contributed by atoms with Crippen LogP contribution in [0.25, 0.3) is 0 Å². The molecular formula is C17H18N2OS. The molecule has 1 unspecified atom stereocenters. The first-order chi connectivity index (χ1) is 10.2. The molecule has 2 rings (SSSR count). The van der Waals surface area contributed by atoms with Gasteiger partial charge in [-0.3, -0.25) is 4.79 Å². The zero-order valence-electron chi connectivity index (χ0n) is 11.9. The minimum absolute atomic E-state index is 0.0272. The highest BCUT2D eigenvalue weighted by Crippen LogP contribution is 2.19. The second-order valence-corrected chi connectivity index (χ2v) is 5.60. The topological polar surface area (TPSA) is 55.1 Å². The van der Waals surface area contributed by atoms with Gasteiger partial charge in [-0.15, -0.1) is 11.3 Å². The number of thiophene rings is 1. The van der Waals surface area contributed by atoms with E-state index in [9.17, 15) is 4.79 Å². The zero-order valence-corrected chi connectivity index (χ0v) is 12.7. The molecule has 4 heteroatoms. The number of hydrogen-bond donors (Lipinski definition) is 2. The number of nitrogens with two attached hydrogens (primary N) is 1. The van der Waals surface area contributed by atoms with Crippen molar-refractivity contribution in [3.05, 3.63) is 57.8 Å². The molecule has 0 bridgehead atoms. The minimum Gasteiger partial charge on any atom is -0.345 e. The number of nitrogens with one attached hydrogen (secondary N) is 1. The van der Waals surface area contributed by atoms with Gasteiger partial charge in [0, 0.05) is 0 Å². The lowest BCUT2D eigenvalue weighted by molar-refractivity contribution is 0.0939. The van der Waals surface area contributed by atoms with E-state index >= 15 is 0 Å². The van der Waals surface area contributed by atoms with Gasteiger partial charge in [-0.05, 0) is 24.1 Å². The summed E-state index contributed by atoms with van der Waals surface area (Å²) in [4.78, 5) is 13.8. The summed E-state index contributed by atoms with van der Waals surface area (Å²) >= 11 is 1.39. The summed E-state index contributed by atoms with van der Waals surface area (Å²) in [5.41, 5.74) is 6.46. The van der Waals surface area contributed by atoms with Crippen molar-refractivity contribution in [1.29, 1.82) is 0 Å². The summed E-state index contributed by atoms with van der Waals surface area (Å²) in [5.74, 6) is 5.67. The summed E-state index contributed by atoms with van der Waals surface area (Å²) in [5, 5.41) is 3.07. The quantitative estimate of drug-likeness (QED) is 0.853. The molecule has 3 nitrogen and oxygen atoms in total. The van der Waals surface area contributed by atoms with Crippen LogP contribution in [0.4, 0.5) is 0 Å². The molecule has 0 aliphatic carbocycles. The molecule has 0 saturated carbocycles. The van der Waals surface area contributed by atoms with E-state index in [4.69, 9.17) is 5.73 Å². The summed E-state index contributed by atoms with van der Waals surface area (Å²) in [6.45, 7) is 2.38. The van der Waals surface area contributed by atoms with Crippen molar-refractivity contribution in [3.8, 4) is 11.8 Å². The van der Waals surface area contributed by atoms with Crippen molar-refractivity contribution in [2.45, 2.75) is 19.4 Å². The van der Waals surface area contributed by atoms with Crippen molar-refractivity contribution in [2.24, 2.45) is 5.73 Å². The third kappa shape index (κ3) is 4.19. The van der Waals surface area contributed by atoms with Crippen molar-refractivity contribution in [2.75, 3.05) is 6.54 Å². The highest BCUT2D eigenvalue weighted by Gasteiger charge is 2.15. The van der Waals surface area contributed by atoms with Crippen LogP contribution >= 0.6 is 11.3 Å². The second-order valence-electron chi connectivity index (χ2n) is 4.51. The molecule has 0 fully saturated rings. The molecule has 1 amide bonds. The predicted octanol–water partition coefficient (Wildman–Crippen LogP) is 2.94. The Morgan fingerprint density at radius 1 is 1.29 bits per heavy atom. The Balaban J connectivity index is 2.08. The molecule has 0 aliphatic heterocycles. The lowest BCUT2D eigenvalue weighted by Gasteiger charge is -2.16. The number of rotatable bonds is 4. The average Bonchev–Trinajstić information content (AvgIpc) is 3.00. The van der Waals surface area contributed by atoms with E-state index in [0.717, 1.165) is 16.9 Å². The van der Waals surface area contributed by atoms with Crippen LogP contribution in [-0.4, -0.2) is 12.5 Å². The van der Waals surface area contributed by atoms with Crippen molar-refractivity contribution in [3.63, 3.8) is 0 Å². The molecule has 0 aliphatic rings. The first-order valence-electron chi connectivity index (χ1n) is 6.89. The first kappa shape index (κ1) is 15.3. The molecule has 21 heavy (non-hydrogen) atoms. The Bertz CT molecular complexity index is 652. The average molecular weight is 298 g/mol. The number of benzene rings is 1. The van der Waals surface area contributed by atoms with Gasteiger partial charge < -0.3 is 11.1 Å². The maximum Gasteiger partial charge on any atom is 0.261 e. The SMILES string of the molecule is CCC(NC(=O)c1ccc(C#CCN)s1)c1ccccc1. The summed E-state index contributed by atoms with van der Waals surface area (Å²) in [7, 11) is 0. The Morgan fingerprint density at radius 3 is 2.71 bits per heavy atom. The molecule has 108 valence electrons. The maximum atomic E-state index is 12.3. The van der Waals surface area contributed by atoms with E-state index in [1.807, 2.05) is 36.4 Å². The van der Waals surface area contributed by atoms with Gasteiger partial charge in [0.05, 0.1) is 22.3 Å². The van der Waals surface area contributed by atoms with Gasteiger partial charge in [0.15, 0.2) is 0 Å². The van der Waals surface area contributed by atoms with E-state index in [2.05, 4.69) is 24.1 Å². The number of carbonyl (C=O) groups excluding carboxylic acids is 1. The van der Waals surface area contributed by atoms with Crippen LogP contribution in [0.2, 0.25) is 0 Å². The van der Waals surface area contributed by atoms with Gasteiger partial charge >= 0.3 is 0 Å². The smallest absolute Gasteiger partial charge is 0.261 e. The van der Waals surface area contributed by atoms with Crippen LogP contribution in [0, 0.1) is 11.8 Å². The Labute approximate surface area is 129 Å². The lowest BCUT2D eigenvalue weighted by Crippen LogP contribution is -2.27. The Hall–Kier alpha value is -2.09. The molecule has 0 saturated heterocycles. The standard InChI is InChI=1S/C17H18N2OS/c1-2-15(13-7-4-3-5-8-13)19-17(20)16-11-10-14(21-16)9-6-12-18/h3-5,7-8,10-11,15H,2,12,18H2,1H3,(H,19,20). The van der Waals surface area contributed by atoms with Gasteiger partial charge in [0.25, 0.3) is 5.91 Å². The number of carbonyl (C=O) groups is 1. The van der Waals surface area contributed by atoms with E-state index in [1.54, 1.807) is 6.07 Å². The van der Waals surface area contributed by atoms with Crippen LogP contribution in [0.1, 0.15) is 39.5 Å². The third-order valence-electron chi connectivity index (χ3n) is 3.06. The Morgan fingerprint density at radius 2 is 2.05 bits per heavy atom. The summed E-state index contributed by atoms with van der Waals surface area (Å²) < 4.78 is 0. The van der Waals surface area contributed by atoms with Crippen LogP contribution in [-0.2, 0) is 0 Å². The van der Waals surface area contributed by atoms with Crippen LogP contribution < -0.4 is 11.1 Å². The maximum absolute atomic E-state index is 12.3. The minimum atomic E-state index is -0.0588. The van der Waals surface area contributed by atoms with E-state index in [0.29, 0.717) is 11.4 Å². The first-order valence-corrected chi connectivity index (χ1v) is 7.70. The van der Waals surface area contributed by atoms with Crippen molar-refractivity contribution < 1.29 is 4.79 Å². The lowest BCUT2D eigenvalue weighted by atomic mass is 10.0. The van der Waals surface area contributed by atoms with Gasteiger partial charge in [0.1, 0.15) is 0 Å². The highest BCUT2D eigenvalue weighted by atomic mass is 32.1. The number of hydrogen-bond acceptors (Lipinski definition) is 3. The molecule has 3 N–H and O–H groups in total. The van der Waals surface area contributed by atoms with E-state index in [-0.39, 0.29) is 11.9 Å². The molecule has 2 aromatic rings. The monoisotopic (exact) mass is 298 g/mol. The van der Waals surface area contributed by atoms with Crippen molar-refractivity contribution in [1.82, 2.24) is 5.32 Å². The van der Waals surface area contributed by atoms with Crippen LogP contribution in [0.15, 0.2) is 42.5 Å². The van der Waals surface area contributed by atoms with E-state index in [1.165, 1.54) is 11.3 Å². The highest BCUT2D eigenvalue weighted by molar-refractivity contribution is 7.14. The zero-order chi connectivity index (χ0) is 15.1. The summed E-state index contributed by atoms with van der Waals surface area (Å²) in [6, 6.07) is 13.7. The molecular weight excluding hydrogens is 280 g/mol. The predicted molar refractivity (Wildman–Crippen MR) is 87.2 cm³/mol. The van der Waals surface area contributed by atoms with Crippen molar-refractivity contribution >= 4 is 17.2 Å². The van der Waals surface area contributed by atoms with E-state index < -0.39 is 0 Å². The van der Waals surface area contributed by atoms with Gasteiger partial charge in [-0.2, -0.15) is 0 Å². The van der Waals surface area contributed by atoms with Gasteiger partial charge in [0.2, 0.25) is 0 Å². The normalized spacial score (nSPS) is 11.3. The molecule has 1 aromatic heterocycles. The fourth-order valence-corrected chi connectivity index (χ4v) is 2.78. The fourth-order valence-electron chi connectivity index (χ4n) is 2.00. The molecule has 1 atom stereocenters. The van der Waals surface area contributed by atoms with Crippen LogP contribution in [0.3, 0.4) is 0 Å². The van der Waals surface area contributed by atoms with Crippen LogP contribution in [0.5, 0.6) is 0 Å². The molecule has 1 heterocycles. The van der Waals surface area contributed by atoms with Gasteiger partial charge in [-0.1, -0.05) is 49.1 Å².